The monoisotopic (exact) mass is 345 g/mol. The quantitative estimate of drug-likeness (QED) is 0.857. The highest BCUT2D eigenvalue weighted by Crippen LogP contribution is 2.41. The Kier molecular flexibility index (Phi) is 4.18. The molecule has 5 nitrogen and oxygen atoms in total. The van der Waals surface area contributed by atoms with Crippen molar-refractivity contribution in [3.63, 3.8) is 0 Å². The Morgan fingerprint density at radius 2 is 2.12 bits per heavy atom. The average Bonchev–Trinajstić information content (AvgIpc) is 3.31. The molecule has 0 radical (unpaired) electrons. The Bertz CT molecular complexity index is 702. The van der Waals surface area contributed by atoms with E-state index in [4.69, 9.17) is 4.52 Å². The van der Waals surface area contributed by atoms with Crippen LogP contribution in [-0.4, -0.2) is 47.0 Å². The molecule has 128 valence electrons. The number of carbonyl (C=O) groups is 1. The first kappa shape index (κ1) is 15.8. The van der Waals surface area contributed by atoms with Gasteiger partial charge in [0.15, 0.2) is 0 Å². The molecule has 6 heteroatoms. The number of hydrogen-bond donors (Lipinski definition) is 0. The Morgan fingerprint density at radius 1 is 1.33 bits per heavy atom. The molecule has 2 saturated heterocycles. The molecule has 2 aliphatic rings. The summed E-state index contributed by atoms with van der Waals surface area (Å²) in [5.74, 6) is 0.681. The predicted octanol–water partition coefficient (Wildman–Crippen LogP) is 3.17. The lowest BCUT2D eigenvalue weighted by atomic mass is 9.77. The van der Waals surface area contributed by atoms with Crippen LogP contribution >= 0.6 is 11.3 Å². The third kappa shape index (κ3) is 3.00. The topological polar surface area (TPSA) is 49.6 Å². The van der Waals surface area contributed by atoms with E-state index in [1.54, 1.807) is 13.1 Å². The van der Waals surface area contributed by atoms with E-state index in [0.29, 0.717) is 16.7 Å². The first-order valence-corrected chi connectivity index (χ1v) is 9.49. The van der Waals surface area contributed by atoms with Crippen LogP contribution in [0, 0.1) is 12.3 Å². The second-order valence-electron chi connectivity index (χ2n) is 7.13. The van der Waals surface area contributed by atoms with Gasteiger partial charge in [-0.2, -0.15) is 0 Å². The minimum atomic E-state index is 0.0667. The van der Waals surface area contributed by atoms with Gasteiger partial charge in [-0.1, -0.05) is 11.2 Å². The number of hydrogen-bond acceptors (Lipinski definition) is 5. The molecule has 1 spiro atoms. The maximum Gasteiger partial charge on any atom is 0.259 e. The van der Waals surface area contributed by atoms with Crippen molar-refractivity contribution in [2.24, 2.45) is 5.41 Å². The molecular weight excluding hydrogens is 322 g/mol. The maximum atomic E-state index is 12.6. The van der Waals surface area contributed by atoms with Crippen LogP contribution in [0.4, 0.5) is 0 Å². The highest BCUT2D eigenvalue weighted by molar-refractivity contribution is 7.09. The number of nitrogens with zero attached hydrogens (tertiary/aromatic N) is 3. The van der Waals surface area contributed by atoms with Gasteiger partial charge in [-0.25, -0.2) is 0 Å². The molecule has 2 fully saturated rings. The molecule has 0 N–H and O–H groups in total. The second-order valence-corrected chi connectivity index (χ2v) is 8.16. The van der Waals surface area contributed by atoms with Crippen LogP contribution in [-0.2, 0) is 6.54 Å². The molecule has 24 heavy (non-hydrogen) atoms. The fraction of sp³-hybridized carbons (Fsp3) is 0.556. The zero-order valence-electron chi connectivity index (χ0n) is 14.0. The fourth-order valence-corrected chi connectivity index (χ4v) is 4.80. The van der Waals surface area contributed by atoms with Gasteiger partial charge in [0.2, 0.25) is 0 Å². The van der Waals surface area contributed by atoms with Gasteiger partial charge in [-0.3, -0.25) is 9.69 Å². The van der Waals surface area contributed by atoms with Crippen molar-refractivity contribution < 1.29 is 9.32 Å². The summed E-state index contributed by atoms with van der Waals surface area (Å²) in [4.78, 5) is 18.6. The van der Waals surface area contributed by atoms with Crippen molar-refractivity contribution in [2.75, 3.05) is 26.2 Å². The van der Waals surface area contributed by atoms with Gasteiger partial charge in [-0.05, 0) is 49.6 Å². The van der Waals surface area contributed by atoms with Gasteiger partial charge in [0.1, 0.15) is 11.3 Å². The summed E-state index contributed by atoms with van der Waals surface area (Å²) in [6.07, 6.45) is 5.00. The van der Waals surface area contributed by atoms with Crippen LogP contribution in [0.3, 0.4) is 0 Å². The SMILES string of the molecule is Cc1oncc1C(=O)N1CCC2(CCN(Cc3cccs3)C2)CC1. The highest BCUT2D eigenvalue weighted by Gasteiger charge is 2.41. The van der Waals surface area contributed by atoms with E-state index in [2.05, 4.69) is 27.6 Å². The van der Waals surface area contributed by atoms with Gasteiger partial charge in [0.25, 0.3) is 5.91 Å². The van der Waals surface area contributed by atoms with Crippen LogP contribution in [0.5, 0.6) is 0 Å². The molecule has 2 aromatic rings. The molecule has 0 saturated carbocycles. The van der Waals surface area contributed by atoms with Gasteiger partial charge >= 0.3 is 0 Å². The summed E-state index contributed by atoms with van der Waals surface area (Å²) < 4.78 is 5.03. The van der Waals surface area contributed by atoms with Crippen LogP contribution in [0.2, 0.25) is 0 Å². The number of piperidine rings is 1. The number of thiophene rings is 1. The maximum absolute atomic E-state index is 12.6. The van der Waals surface area contributed by atoms with Gasteiger partial charge in [0.05, 0.1) is 6.20 Å². The second kappa shape index (κ2) is 6.33. The Labute approximate surface area is 146 Å². The molecule has 0 unspecified atom stereocenters. The summed E-state index contributed by atoms with van der Waals surface area (Å²) in [6, 6.07) is 4.35. The lowest BCUT2D eigenvalue weighted by Crippen LogP contribution is -2.44. The molecular formula is C18H23N3O2S. The summed E-state index contributed by atoms with van der Waals surface area (Å²) in [6.45, 7) is 6.90. The van der Waals surface area contributed by atoms with Crippen LogP contribution in [0.25, 0.3) is 0 Å². The van der Waals surface area contributed by atoms with E-state index >= 15 is 0 Å². The van der Waals surface area contributed by atoms with E-state index in [1.165, 1.54) is 24.4 Å². The number of rotatable bonds is 3. The molecule has 4 rings (SSSR count). The van der Waals surface area contributed by atoms with Gasteiger partial charge < -0.3 is 9.42 Å². The normalized spacial score (nSPS) is 20.8. The number of amides is 1. The Hall–Kier alpha value is -1.66. The van der Waals surface area contributed by atoms with Gasteiger partial charge in [0, 0.05) is 31.1 Å². The van der Waals surface area contributed by atoms with E-state index < -0.39 is 0 Å². The van der Waals surface area contributed by atoms with Crippen molar-refractivity contribution in [1.82, 2.24) is 15.0 Å². The van der Waals surface area contributed by atoms with E-state index in [-0.39, 0.29) is 5.91 Å². The molecule has 0 atom stereocenters. The van der Waals surface area contributed by atoms with Crippen molar-refractivity contribution >= 4 is 17.2 Å². The zero-order chi connectivity index (χ0) is 16.6. The molecule has 1 amide bonds. The van der Waals surface area contributed by atoms with Crippen molar-refractivity contribution in [3.05, 3.63) is 39.9 Å². The van der Waals surface area contributed by atoms with E-state index in [0.717, 1.165) is 32.5 Å². The molecule has 4 heterocycles. The van der Waals surface area contributed by atoms with E-state index in [9.17, 15) is 4.79 Å². The van der Waals surface area contributed by atoms with Crippen LogP contribution in [0.15, 0.2) is 28.2 Å². The Morgan fingerprint density at radius 3 is 2.79 bits per heavy atom. The first-order valence-electron chi connectivity index (χ1n) is 8.61. The fourth-order valence-electron chi connectivity index (χ4n) is 4.05. The van der Waals surface area contributed by atoms with Crippen LogP contribution in [0.1, 0.15) is 40.3 Å². The summed E-state index contributed by atoms with van der Waals surface area (Å²) in [5, 5.41) is 5.88. The van der Waals surface area contributed by atoms with Crippen molar-refractivity contribution in [2.45, 2.75) is 32.7 Å². The van der Waals surface area contributed by atoms with E-state index in [1.807, 2.05) is 16.2 Å². The predicted molar refractivity (Wildman–Crippen MR) is 93.0 cm³/mol. The molecule has 0 aliphatic carbocycles. The Balaban J connectivity index is 1.34. The number of carbonyl (C=O) groups excluding carboxylic acids is 1. The van der Waals surface area contributed by atoms with Crippen molar-refractivity contribution in [1.29, 1.82) is 0 Å². The van der Waals surface area contributed by atoms with Crippen LogP contribution < -0.4 is 0 Å². The largest absolute Gasteiger partial charge is 0.361 e. The molecule has 0 bridgehead atoms. The number of likely N-dealkylation sites (tertiary alicyclic amines) is 2. The van der Waals surface area contributed by atoms with Gasteiger partial charge in [-0.15, -0.1) is 11.3 Å². The number of aryl methyl sites for hydroxylation is 1. The minimum absolute atomic E-state index is 0.0667. The smallest absolute Gasteiger partial charge is 0.259 e. The highest BCUT2D eigenvalue weighted by atomic mass is 32.1. The molecule has 0 aromatic carbocycles. The average molecular weight is 345 g/mol. The zero-order valence-corrected chi connectivity index (χ0v) is 14.8. The van der Waals surface area contributed by atoms with Crippen molar-refractivity contribution in [3.8, 4) is 0 Å². The first-order chi connectivity index (χ1) is 11.7. The lowest BCUT2D eigenvalue weighted by Gasteiger charge is -2.39. The third-order valence-electron chi connectivity index (χ3n) is 5.57. The summed E-state index contributed by atoms with van der Waals surface area (Å²) in [7, 11) is 0. The molecule has 2 aliphatic heterocycles. The summed E-state index contributed by atoms with van der Waals surface area (Å²) >= 11 is 1.84. The molecule has 2 aromatic heterocycles. The standard InChI is InChI=1S/C18H23N3O2S/c1-14-16(11-19-23-14)17(22)21-8-5-18(6-9-21)4-7-20(13-18)12-15-3-2-10-24-15/h2-3,10-11H,4-9,12-13H2,1H3. The lowest BCUT2D eigenvalue weighted by molar-refractivity contribution is 0.0586. The third-order valence-corrected chi connectivity index (χ3v) is 6.43. The number of aromatic nitrogens is 1. The summed E-state index contributed by atoms with van der Waals surface area (Å²) in [5.41, 5.74) is 1.01. The minimum Gasteiger partial charge on any atom is -0.361 e.